The fourth-order valence-corrected chi connectivity index (χ4v) is 2.84. The van der Waals surface area contributed by atoms with E-state index in [9.17, 15) is 4.79 Å². The third kappa shape index (κ3) is 4.08. The summed E-state index contributed by atoms with van der Waals surface area (Å²) in [4.78, 5) is 14.4. The number of hydrogen-bond donors (Lipinski definition) is 2. The Morgan fingerprint density at radius 2 is 1.83 bits per heavy atom. The van der Waals surface area contributed by atoms with Crippen LogP contribution >= 0.6 is 0 Å². The van der Waals surface area contributed by atoms with Crippen molar-refractivity contribution in [1.29, 1.82) is 0 Å². The highest BCUT2D eigenvalue weighted by Crippen LogP contribution is 2.22. The Bertz CT molecular complexity index is 740. The van der Waals surface area contributed by atoms with Crippen molar-refractivity contribution in [3.8, 4) is 12.3 Å². The van der Waals surface area contributed by atoms with Crippen LogP contribution in [-0.2, 0) is 4.79 Å². The van der Waals surface area contributed by atoms with Crippen molar-refractivity contribution in [2.45, 2.75) is 12.8 Å². The maximum absolute atomic E-state index is 12.1. The maximum Gasteiger partial charge on any atom is 0.243 e. The lowest BCUT2D eigenvalue weighted by molar-refractivity contribution is -0.114. The molecule has 1 heterocycles. The molecule has 0 bridgehead atoms. The zero-order chi connectivity index (χ0) is 16.8. The van der Waals surface area contributed by atoms with E-state index >= 15 is 0 Å². The summed E-state index contributed by atoms with van der Waals surface area (Å²) in [6.45, 7) is 2.43. The number of terminal acetylenes is 1. The Morgan fingerprint density at radius 1 is 1.08 bits per heavy atom. The van der Waals surface area contributed by atoms with Gasteiger partial charge in [-0.2, -0.15) is 0 Å². The minimum atomic E-state index is -0.0879. The summed E-state index contributed by atoms with van der Waals surface area (Å²) in [6.07, 6.45) is 7.88. The van der Waals surface area contributed by atoms with Gasteiger partial charge in [-0.3, -0.25) is 4.79 Å². The molecule has 0 atom stereocenters. The lowest BCUT2D eigenvalue weighted by Gasteiger charge is -2.17. The summed E-state index contributed by atoms with van der Waals surface area (Å²) in [7, 11) is 0. The summed E-state index contributed by atoms with van der Waals surface area (Å²) in [5, 5.41) is 5.98. The van der Waals surface area contributed by atoms with Crippen molar-refractivity contribution in [2.24, 2.45) is 0 Å². The van der Waals surface area contributed by atoms with E-state index in [-0.39, 0.29) is 12.5 Å². The fourth-order valence-electron chi connectivity index (χ4n) is 2.84. The molecule has 0 spiro atoms. The first-order valence-corrected chi connectivity index (χ1v) is 8.20. The number of amides is 1. The molecule has 3 rings (SSSR count). The Hall–Kier alpha value is -2.93. The number of nitrogens with zero attached hydrogens (tertiary/aromatic N) is 1. The van der Waals surface area contributed by atoms with Gasteiger partial charge in [-0.15, -0.1) is 6.42 Å². The van der Waals surface area contributed by atoms with E-state index in [0.717, 1.165) is 30.0 Å². The first-order chi connectivity index (χ1) is 11.7. The highest BCUT2D eigenvalue weighted by molar-refractivity contribution is 5.93. The average Bonchev–Trinajstić information content (AvgIpc) is 3.15. The molecule has 0 saturated carbocycles. The normalized spacial score (nSPS) is 13.4. The standard InChI is InChI=1S/C20H21N3O/c1-2-16-6-5-7-18(14-16)21-15-20(24)22-17-8-10-19(11-9-17)23-12-3-4-13-23/h1,5-11,14,21H,3-4,12-13,15H2,(H,22,24). The number of rotatable bonds is 5. The summed E-state index contributed by atoms with van der Waals surface area (Å²) in [5.41, 5.74) is 3.65. The van der Waals surface area contributed by atoms with Crippen LogP contribution in [-0.4, -0.2) is 25.5 Å². The Kier molecular flexibility index (Phi) is 5.02. The molecule has 122 valence electrons. The van der Waals surface area contributed by atoms with Crippen molar-refractivity contribution >= 4 is 23.0 Å². The van der Waals surface area contributed by atoms with Crippen LogP contribution in [0.1, 0.15) is 18.4 Å². The highest BCUT2D eigenvalue weighted by atomic mass is 16.1. The maximum atomic E-state index is 12.1. The molecule has 4 heteroatoms. The van der Waals surface area contributed by atoms with E-state index in [1.807, 2.05) is 36.4 Å². The van der Waals surface area contributed by atoms with Gasteiger partial charge in [-0.25, -0.2) is 0 Å². The Morgan fingerprint density at radius 3 is 2.54 bits per heavy atom. The topological polar surface area (TPSA) is 44.4 Å². The largest absolute Gasteiger partial charge is 0.376 e. The average molecular weight is 319 g/mol. The second kappa shape index (κ2) is 7.56. The smallest absolute Gasteiger partial charge is 0.243 e. The molecule has 24 heavy (non-hydrogen) atoms. The minimum absolute atomic E-state index is 0.0879. The van der Waals surface area contributed by atoms with Crippen LogP contribution in [0, 0.1) is 12.3 Å². The van der Waals surface area contributed by atoms with Crippen LogP contribution in [0.2, 0.25) is 0 Å². The van der Waals surface area contributed by atoms with Crippen molar-refractivity contribution in [2.75, 3.05) is 35.2 Å². The van der Waals surface area contributed by atoms with Crippen molar-refractivity contribution in [3.05, 3.63) is 54.1 Å². The summed E-state index contributed by atoms with van der Waals surface area (Å²) in [5.74, 6) is 2.49. The van der Waals surface area contributed by atoms with E-state index in [0.29, 0.717) is 0 Å². The van der Waals surface area contributed by atoms with Crippen molar-refractivity contribution < 1.29 is 4.79 Å². The van der Waals surface area contributed by atoms with Gasteiger partial charge >= 0.3 is 0 Å². The predicted molar refractivity (Wildman–Crippen MR) is 99.4 cm³/mol. The SMILES string of the molecule is C#Cc1cccc(NCC(=O)Nc2ccc(N3CCCC3)cc2)c1. The lowest BCUT2D eigenvalue weighted by atomic mass is 10.2. The molecule has 0 aliphatic carbocycles. The van der Waals surface area contributed by atoms with Crippen LogP contribution < -0.4 is 15.5 Å². The first kappa shape index (κ1) is 15.9. The van der Waals surface area contributed by atoms with Crippen LogP contribution in [0.4, 0.5) is 17.1 Å². The number of carbonyl (C=O) groups excluding carboxylic acids is 1. The zero-order valence-electron chi connectivity index (χ0n) is 13.6. The lowest BCUT2D eigenvalue weighted by Crippen LogP contribution is -2.22. The fraction of sp³-hybridized carbons (Fsp3) is 0.250. The van der Waals surface area contributed by atoms with E-state index in [1.165, 1.54) is 18.5 Å². The number of nitrogens with one attached hydrogen (secondary N) is 2. The van der Waals surface area contributed by atoms with Gasteiger partial charge < -0.3 is 15.5 Å². The Balaban J connectivity index is 1.52. The molecule has 1 amide bonds. The van der Waals surface area contributed by atoms with E-state index < -0.39 is 0 Å². The second-order valence-electron chi connectivity index (χ2n) is 5.87. The van der Waals surface area contributed by atoms with Gasteiger partial charge in [0.1, 0.15) is 0 Å². The molecular weight excluding hydrogens is 298 g/mol. The monoisotopic (exact) mass is 319 g/mol. The molecule has 2 N–H and O–H groups in total. The highest BCUT2D eigenvalue weighted by Gasteiger charge is 2.12. The predicted octanol–water partition coefficient (Wildman–Crippen LogP) is 3.32. The number of carbonyl (C=O) groups is 1. The van der Waals surface area contributed by atoms with Gasteiger partial charge in [-0.05, 0) is 55.3 Å². The minimum Gasteiger partial charge on any atom is -0.376 e. The third-order valence-electron chi connectivity index (χ3n) is 4.10. The van der Waals surface area contributed by atoms with Gasteiger partial charge in [0.15, 0.2) is 0 Å². The van der Waals surface area contributed by atoms with Crippen LogP contribution in [0.15, 0.2) is 48.5 Å². The molecule has 1 saturated heterocycles. The summed E-state index contributed by atoms with van der Waals surface area (Å²) >= 11 is 0. The van der Waals surface area contributed by atoms with E-state index in [4.69, 9.17) is 6.42 Å². The number of anilines is 3. The quantitative estimate of drug-likeness (QED) is 0.831. The molecule has 0 radical (unpaired) electrons. The van der Waals surface area contributed by atoms with Gasteiger partial charge in [0.05, 0.1) is 6.54 Å². The second-order valence-corrected chi connectivity index (χ2v) is 5.87. The van der Waals surface area contributed by atoms with Crippen molar-refractivity contribution in [1.82, 2.24) is 0 Å². The number of hydrogen-bond acceptors (Lipinski definition) is 3. The first-order valence-electron chi connectivity index (χ1n) is 8.20. The summed E-state index contributed by atoms with van der Waals surface area (Å²) < 4.78 is 0. The van der Waals surface area contributed by atoms with Gasteiger partial charge in [-0.1, -0.05) is 12.0 Å². The molecule has 0 aromatic heterocycles. The molecule has 4 nitrogen and oxygen atoms in total. The number of benzene rings is 2. The summed E-state index contributed by atoms with van der Waals surface area (Å²) in [6, 6.07) is 15.5. The van der Waals surface area contributed by atoms with Gasteiger partial charge in [0.2, 0.25) is 5.91 Å². The molecule has 1 aliphatic heterocycles. The molecule has 1 aliphatic rings. The molecule has 2 aromatic rings. The zero-order valence-corrected chi connectivity index (χ0v) is 13.6. The third-order valence-corrected chi connectivity index (χ3v) is 4.10. The van der Waals surface area contributed by atoms with Crippen molar-refractivity contribution in [3.63, 3.8) is 0 Å². The van der Waals surface area contributed by atoms with E-state index in [1.54, 1.807) is 0 Å². The molecular formula is C20H21N3O. The molecule has 2 aromatic carbocycles. The van der Waals surface area contributed by atoms with Crippen LogP contribution in [0.25, 0.3) is 0 Å². The van der Waals surface area contributed by atoms with Gasteiger partial charge in [0, 0.05) is 35.7 Å². The molecule has 1 fully saturated rings. The Labute approximate surface area is 142 Å². The molecule has 0 unspecified atom stereocenters. The van der Waals surface area contributed by atoms with E-state index in [2.05, 4.69) is 33.6 Å². The van der Waals surface area contributed by atoms with Gasteiger partial charge in [0.25, 0.3) is 0 Å². The van der Waals surface area contributed by atoms with Crippen LogP contribution in [0.3, 0.4) is 0 Å². The van der Waals surface area contributed by atoms with Crippen LogP contribution in [0.5, 0.6) is 0 Å².